The second-order valence-electron chi connectivity index (χ2n) is 12.2. The zero-order valence-corrected chi connectivity index (χ0v) is 28.7. The zero-order valence-electron chi connectivity index (χ0n) is 28.7. The molecule has 4 rings (SSSR count). The van der Waals surface area contributed by atoms with Crippen LogP contribution >= 0.6 is 0 Å². The van der Waals surface area contributed by atoms with E-state index in [1.165, 1.54) is 5.56 Å². The lowest BCUT2D eigenvalue weighted by molar-refractivity contribution is 0.707. The first-order valence-corrected chi connectivity index (χ1v) is 15.1. The molecule has 0 N–H and O–H groups in total. The fraction of sp³-hybridized carbons (Fsp3) is 0.487. The van der Waals surface area contributed by atoms with Gasteiger partial charge in [-0.2, -0.15) is 0 Å². The van der Waals surface area contributed by atoms with Crippen molar-refractivity contribution >= 4 is 0 Å². The van der Waals surface area contributed by atoms with Crippen LogP contribution in [0.1, 0.15) is 124 Å². The fourth-order valence-electron chi connectivity index (χ4n) is 4.10. The molecule has 0 aliphatic carbocycles. The smallest absolute Gasteiger partial charge is 0.253 e. The molecule has 0 amide bonds. The summed E-state index contributed by atoms with van der Waals surface area (Å²) in [5, 5.41) is 0. The van der Waals surface area contributed by atoms with Crippen LogP contribution in [0, 0.1) is 0 Å². The summed E-state index contributed by atoms with van der Waals surface area (Å²) in [5.41, 5.74) is 4.57. The van der Waals surface area contributed by atoms with E-state index >= 15 is 0 Å². The first kappa shape index (κ1) is 47.2. The number of nitrogens with zero attached hydrogens (tertiary/aromatic N) is 4. The first-order valence-electron chi connectivity index (χ1n) is 15.1. The van der Waals surface area contributed by atoms with Gasteiger partial charge in [0.05, 0.1) is 0 Å². The molecule has 47 heavy (non-hydrogen) atoms. The third kappa shape index (κ3) is 15.3. The second kappa shape index (κ2) is 22.3. The third-order valence-corrected chi connectivity index (χ3v) is 7.16. The highest BCUT2D eigenvalue weighted by Crippen LogP contribution is 2.11. The van der Waals surface area contributed by atoms with Gasteiger partial charge in [-0.25, -0.2) is 0 Å². The molecule has 4 aromatic heterocycles. The highest BCUT2D eigenvalue weighted by Gasteiger charge is 2.04. The Kier molecular flexibility index (Phi) is 22.4. The number of rotatable bonds is 4. The van der Waals surface area contributed by atoms with Crippen LogP contribution in [-0.2, 0) is 28.2 Å². The van der Waals surface area contributed by atoms with Crippen LogP contribution < -0.4 is 22.2 Å². The number of pyridine rings is 4. The van der Waals surface area contributed by atoms with Crippen molar-refractivity contribution in [3.05, 3.63) is 137 Å². The van der Waals surface area contributed by atoms with Crippen molar-refractivity contribution < 1.29 is 0 Å². The van der Waals surface area contributed by atoms with E-state index in [1.54, 1.807) is 83.1 Å². The van der Waals surface area contributed by atoms with Crippen molar-refractivity contribution in [1.82, 2.24) is 18.3 Å². The molecule has 0 saturated carbocycles. The van der Waals surface area contributed by atoms with Crippen molar-refractivity contribution in [1.29, 1.82) is 0 Å². The van der Waals surface area contributed by atoms with Crippen LogP contribution in [0.15, 0.2) is 92.4 Å². The van der Waals surface area contributed by atoms with E-state index < -0.39 is 0 Å². The summed E-state index contributed by atoms with van der Waals surface area (Å²) in [5.74, 6) is 1.65. The highest BCUT2D eigenvalue weighted by molar-refractivity contribution is 5.15. The predicted octanol–water partition coefficient (Wildman–Crippen LogP) is 7.94. The van der Waals surface area contributed by atoms with Gasteiger partial charge in [-0.3, -0.25) is 19.2 Å². The molecule has 0 aliphatic rings. The van der Waals surface area contributed by atoms with Gasteiger partial charge < -0.3 is 18.3 Å². The van der Waals surface area contributed by atoms with Crippen molar-refractivity contribution in [2.24, 2.45) is 28.2 Å². The van der Waals surface area contributed by atoms with E-state index in [9.17, 15) is 19.2 Å². The molecule has 4 aromatic rings. The largest absolute Gasteiger partial charge is 0.319 e. The standard InChI is InChI=1S/4C9H13NO.3CH4/c1-7(2)8-4-5-10(3)9(11)6-8;1-7(2)8-4-5-9(11)10(3)6-8;1-7(2)8-5-4-6-10(3)9(8)11;1-7(2)8-5-4-6-9(11)10(8)3;;;/h4*4-7H,1-3H3;3*1H4. The summed E-state index contributed by atoms with van der Waals surface area (Å²) >= 11 is 0. The maximum absolute atomic E-state index is 11.4. The van der Waals surface area contributed by atoms with E-state index in [4.69, 9.17) is 0 Å². The molecule has 0 saturated heterocycles. The molecule has 0 aromatic carbocycles. The van der Waals surface area contributed by atoms with Crippen molar-refractivity contribution in [2.75, 3.05) is 0 Å². The van der Waals surface area contributed by atoms with Crippen LogP contribution in [0.3, 0.4) is 0 Å². The summed E-state index contributed by atoms with van der Waals surface area (Å²) in [6.07, 6.45) is 5.46. The summed E-state index contributed by atoms with van der Waals surface area (Å²) in [4.78, 5) is 44.5. The molecule has 264 valence electrons. The Morgan fingerprint density at radius 1 is 0.489 bits per heavy atom. The molecule has 8 nitrogen and oxygen atoms in total. The lowest BCUT2D eigenvalue weighted by Crippen LogP contribution is -2.20. The minimum absolute atomic E-state index is 0. The van der Waals surface area contributed by atoms with Gasteiger partial charge in [0.2, 0.25) is 11.1 Å². The second-order valence-corrected chi connectivity index (χ2v) is 12.2. The maximum Gasteiger partial charge on any atom is 0.253 e. The van der Waals surface area contributed by atoms with E-state index in [-0.39, 0.29) is 44.5 Å². The molecular weight excluding hydrogens is 588 g/mol. The molecular formula is C39H64N4O4. The Balaban J connectivity index is -0.000000538. The first-order chi connectivity index (χ1) is 20.5. The van der Waals surface area contributed by atoms with Gasteiger partial charge in [0.15, 0.2) is 0 Å². The van der Waals surface area contributed by atoms with E-state index in [0.717, 1.165) is 16.8 Å². The number of aryl methyl sites for hydroxylation is 3. The Hall–Kier alpha value is -4.20. The Bertz CT molecular complexity index is 1700. The van der Waals surface area contributed by atoms with Crippen molar-refractivity contribution in [2.45, 2.75) is 101 Å². The quantitative estimate of drug-likeness (QED) is 0.224. The van der Waals surface area contributed by atoms with Gasteiger partial charge >= 0.3 is 0 Å². The molecule has 0 radical (unpaired) electrons. The minimum Gasteiger partial charge on any atom is -0.319 e. The van der Waals surface area contributed by atoms with Crippen LogP contribution in [0.2, 0.25) is 0 Å². The Morgan fingerprint density at radius 2 is 1.06 bits per heavy atom. The van der Waals surface area contributed by atoms with Gasteiger partial charge in [-0.05, 0) is 53.0 Å². The van der Waals surface area contributed by atoms with E-state index in [1.807, 2.05) is 50.4 Å². The minimum atomic E-state index is 0. The normalized spacial score (nSPS) is 9.87. The SMILES string of the molecule is C.C.C.CC(C)c1ccc(=O)n(C)c1.CC(C)c1cccc(=O)n1C.CC(C)c1cccn(C)c1=O.CC(C)c1ccn(C)c(=O)c1. The van der Waals surface area contributed by atoms with Gasteiger partial charge in [0, 0.05) is 76.2 Å². The molecule has 0 atom stereocenters. The van der Waals surface area contributed by atoms with Gasteiger partial charge in [-0.1, -0.05) is 95.9 Å². The third-order valence-electron chi connectivity index (χ3n) is 7.16. The van der Waals surface area contributed by atoms with Crippen molar-refractivity contribution in [3.63, 3.8) is 0 Å². The molecule has 0 unspecified atom stereocenters. The van der Waals surface area contributed by atoms with Gasteiger partial charge in [-0.15, -0.1) is 0 Å². The maximum atomic E-state index is 11.4. The van der Waals surface area contributed by atoms with Crippen LogP contribution in [0.4, 0.5) is 0 Å². The Labute approximate surface area is 284 Å². The number of hydrogen-bond acceptors (Lipinski definition) is 4. The summed E-state index contributed by atoms with van der Waals surface area (Å²) in [6, 6.07) is 16.3. The molecule has 4 heterocycles. The molecule has 8 heteroatoms. The molecule has 0 fully saturated rings. The van der Waals surface area contributed by atoms with Crippen molar-refractivity contribution in [3.8, 4) is 0 Å². The monoisotopic (exact) mass is 652 g/mol. The fourth-order valence-corrected chi connectivity index (χ4v) is 4.10. The van der Waals surface area contributed by atoms with E-state index in [0.29, 0.717) is 23.7 Å². The summed E-state index contributed by atoms with van der Waals surface area (Å²) < 4.78 is 6.47. The van der Waals surface area contributed by atoms with E-state index in [2.05, 4.69) is 41.5 Å². The van der Waals surface area contributed by atoms with Gasteiger partial charge in [0.25, 0.3) is 11.1 Å². The predicted molar refractivity (Wildman–Crippen MR) is 203 cm³/mol. The molecule has 0 spiro atoms. The lowest BCUT2D eigenvalue weighted by atomic mass is 10.1. The number of aromatic nitrogens is 4. The van der Waals surface area contributed by atoms with Gasteiger partial charge in [0.1, 0.15) is 0 Å². The topological polar surface area (TPSA) is 88.0 Å². The van der Waals surface area contributed by atoms with Crippen LogP contribution in [0.25, 0.3) is 0 Å². The molecule has 0 bridgehead atoms. The molecule has 0 aliphatic heterocycles. The average Bonchev–Trinajstić information content (AvgIpc) is 2.95. The number of hydrogen-bond donors (Lipinski definition) is 0. The summed E-state index contributed by atoms with van der Waals surface area (Å²) in [7, 11) is 7.10. The lowest BCUT2D eigenvalue weighted by Gasteiger charge is -2.09. The Morgan fingerprint density at radius 3 is 1.49 bits per heavy atom. The average molecular weight is 653 g/mol. The highest BCUT2D eigenvalue weighted by atomic mass is 16.1. The van der Waals surface area contributed by atoms with Crippen LogP contribution in [0.5, 0.6) is 0 Å². The van der Waals surface area contributed by atoms with Crippen LogP contribution in [-0.4, -0.2) is 18.3 Å². The summed E-state index contributed by atoms with van der Waals surface area (Å²) in [6.45, 7) is 16.6. The zero-order chi connectivity index (χ0) is 33.7.